The Labute approximate surface area is 189 Å². The van der Waals surface area contributed by atoms with Crippen LogP contribution in [-0.2, 0) is 15.7 Å². The van der Waals surface area contributed by atoms with E-state index < -0.39 is 23.0 Å². The van der Waals surface area contributed by atoms with Gasteiger partial charge in [0.1, 0.15) is 12.3 Å². The maximum absolute atomic E-state index is 12.8. The number of rotatable bonds is 9. The Balaban J connectivity index is 1.83. The van der Waals surface area contributed by atoms with E-state index in [2.05, 4.69) is 15.3 Å². The molecule has 1 aromatic carbocycles. The Kier molecular flexibility index (Phi) is 7.45. The first-order valence-electron chi connectivity index (χ1n) is 9.31. The molecule has 0 saturated heterocycles. The van der Waals surface area contributed by atoms with Gasteiger partial charge >= 0.3 is 6.18 Å². The van der Waals surface area contributed by atoms with E-state index in [1.54, 1.807) is 12.1 Å². The summed E-state index contributed by atoms with van der Waals surface area (Å²) in [5, 5.41) is 2.48. The number of anilines is 2. The average Bonchev–Trinajstić information content (AvgIpc) is 3.44. The normalized spacial score (nSPS) is 11.7. The number of primary amides is 1. The van der Waals surface area contributed by atoms with Gasteiger partial charge in [-0.15, -0.1) is 11.3 Å². The number of carbonyl (C=O) groups is 2. The summed E-state index contributed by atoms with van der Waals surface area (Å²) in [7, 11) is 0. The zero-order valence-electron chi connectivity index (χ0n) is 16.9. The summed E-state index contributed by atoms with van der Waals surface area (Å²) >= 11 is 0.328. The van der Waals surface area contributed by atoms with Gasteiger partial charge in [0.25, 0.3) is 5.91 Å². The van der Waals surface area contributed by atoms with Gasteiger partial charge in [-0.3, -0.25) is 14.6 Å². The first-order valence-corrected chi connectivity index (χ1v) is 10.2. The lowest BCUT2D eigenvalue weighted by atomic mass is 10.0. The number of aliphatic imine (C=N–C) groups is 1. The monoisotopic (exact) mass is 481 g/mol. The van der Waals surface area contributed by atoms with Gasteiger partial charge in [0, 0.05) is 39.7 Å². The van der Waals surface area contributed by atoms with Crippen molar-refractivity contribution in [2.45, 2.75) is 6.18 Å². The third-order valence-electron chi connectivity index (χ3n) is 4.12. The molecular weight excluding hydrogens is 463 g/mol. The highest BCUT2D eigenvalue weighted by Gasteiger charge is 2.35. The molecule has 9 nitrogen and oxygen atoms in total. The minimum Gasteiger partial charge on any atom is -0.472 e. The second-order valence-electron chi connectivity index (χ2n) is 6.58. The number of ether oxygens (including phenoxy) is 1. The van der Waals surface area contributed by atoms with Crippen molar-refractivity contribution in [1.29, 1.82) is 0 Å². The maximum atomic E-state index is 12.8. The summed E-state index contributed by atoms with van der Waals surface area (Å²) in [6.45, 7) is 0.151. The van der Waals surface area contributed by atoms with Crippen LogP contribution < -0.4 is 16.8 Å². The first kappa shape index (κ1) is 23.9. The summed E-state index contributed by atoms with van der Waals surface area (Å²) < 4.78 is 48.6. The smallest absolute Gasteiger partial charge is 0.443 e. The van der Waals surface area contributed by atoms with Crippen LogP contribution in [-0.4, -0.2) is 42.8 Å². The molecule has 3 rings (SSSR count). The second-order valence-corrected chi connectivity index (χ2v) is 7.44. The number of furan rings is 1. The zero-order valence-corrected chi connectivity index (χ0v) is 17.7. The van der Waals surface area contributed by atoms with E-state index in [1.165, 1.54) is 24.8 Å². The van der Waals surface area contributed by atoms with Gasteiger partial charge in [-0.05, 0) is 18.2 Å². The number of nitrogens with one attached hydrogen (secondary N) is 1. The van der Waals surface area contributed by atoms with Gasteiger partial charge in [0.15, 0.2) is 5.01 Å². The first-order chi connectivity index (χ1) is 15.6. The highest BCUT2D eigenvalue weighted by Crippen LogP contribution is 2.34. The van der Waals surface area contributed by atoms with Gasteiger partial charge in [-0.1, -0.05) is 0 Å². The van der Waals surface area contributed by atoms with Crippen molar-refractivity contribution in [1.82, 2.24) is 4.98 Å². The topological polar surface area (TPSA) is 146 Å². The Morgan fingerprint density at radius 3 is 2.76 bits per heavy atom. The van der Waals surface area contributed by atoms with E-state index in [4.69, 9.17) is 20.6 Å². The minimum atomic E-state index is -4.64. The van der Waals surface area contributed by atoms with E-state index in [0.717, 1.165) is 5.38 Å². The van der Waals surface area contributed by atoms with Crippen molar-refractivity contribution in [2.75, 3.05) is 30.8 Å². The molecule has 0 aliphatic heterocycles. The summed E-state index contributed by atoms with van der Waals surface area (Å²) in [5.41, 5.74) is 12.8. The molecule has 0 unspecified atom stereocenters. The van der Waals surface area contributed by atoms with Crippen LogP contribution in [0.25, 0.3) is 11.1 Å². The molecule has 13 heteroatoms. The molecule has 2 heterocycles. The predicted octanol–water partition coefficient (Wildman–Crippen LogP) is 3.18. The number of hydrogen-bond donors (Lipinski definition) is 3. The number of thiazole rings is 1. The van der Waals surface area contributed by atoms with Crippen LogP contribution in [0.15, 0.2) is 45.5 Å². The molecule has 0 spiro atoms. The molecule has 5 N–H and O–H groups in total. The van der Waals surface area contributed by atoms with Crippen molar-refractivity contribution in [2.24, 2.45) is 10.7 Å². The van der Waals surface area contributed by atoms with Gasteiger partial charge in [0.2, 0.25) is 5.91 Å². The molecule has 2 aromatic heterocycles. The highest BCUT2D eigenvalue weighted by atomic mass is 32.1. The van der Waals surface area contributed by atoms with Gasteiger partial charge in [-0.2, -0.15) is 13.2 Å². The molecule has 0 aliphatic carbocycles. The summed E-state index contributed by atoms with van der Waals surface area (Å²) in [6.07, 6.45) is -0.340. The SMILES string of the molecule is NC(=O)COCCN=Cc1cc(NC(=O)c2csc(C(F)(F)F)n2)c(-c2ccoc2)cc1N. The van der Waals surface area contributed by atoms with Crippen molar-refractivity contribution >= 4 is 40.7 Å². The molecule has 0 bridgehead atoms. The zero-order chi connectivity index (χ0) is 24.0. The van der Waals surface area contributed by atoms with Crippen LogP contribution in [0.1, 0.15) is 21.1 Å². The van der Waals surface area contributed by atoms with Gasteiger partial charge < -0.3 is 25.9 Å². The van der Waals surface area contributed by atoms with Crippen molar-refractivity contribution in [3.8, 4) is 11.1 Å². The number of halogens is 3. The lowest BCUT2D eigenvalue weighted by molar-refractivity contribution is -0.137. The summed E-state index contributed by atoms with van der Waals surface area (Å²) in [4.78, 5) is 30.7. The van der Waals surface area contributed by atoms with Crippen LogP contribution in [0.5, 0.6) is 0 Å². The van der Waals surface area contributed by atoms with Crippen LogP contribution in [0.3, 0.4) is 0 Å². The molecule has 0 saturated carbocycles. The van der Waals surface area contributed by atoms with Gasteiger partial charge in [0.05, 0.1) is 25.7 Å². The largest absolute Gasteiger partial charge is 0.472 e. The molecule has 0 radical (unpaired) electrons. The van der Waals surface area contributed by atoms with Crippen LogP contribution in [0.2, 0.25) is 0 Å². The van der Waals surface area contributed by atoms with E-state index in [0.29, 0.717) is 33.7 Å². The van der Waals surface area contributed by atoms with Crippen molar-refractivity contribution in [3.05, 3.63) is 52.4 Å². The summed E-state index contributed by atoms with van der Waals surface area (Å²) in [5.74, 6) is -1.42. The second kappa shape index (κ2) is 10.3. The maximum Gasteiger partial charge on any atom is 0.443 e. The predicted molar refractivity (Wildman–Crippen MR) is 116 cm³/mol. The number of nitrogens with zero attached hydrogens (tertiary/aromatic N) is 2. The minimum absolute atomic E-state index is 0.154. The number of hydrogen-bond acceptors (Lipinski definition) is 8. The quantitative estimate of drug-likeness (QED) is 0.243. The lowest BCUT2D eigenvalue weighted by Crippen LogP contribution is -2.19. The number of nitrogen functional groups attached to an aromatic ring is 1. The Hall–Kier alpha value is -3.71. The van der Waals surface area contributed by atoms with Crippen LogP contribution in [0.4, 0.5) is 24.5 Å². The lowest BCUT2D eigenvalue weighted by Gasteiger charge is -2.13. The Morgan fingerprint density at radius 1 is 1.33 bits per heavy atom. The van der Waals surface area contributed by atoms with E-state index >= 15 is 0 Å². The Bertz CT molecular complexity index is 1160. The third kappa shape index (κ3) is 6.40. The van der Waals surface area contributed by atoms with Gasteiger partial charge in [-0.25, -0.2) is 4.98 Å². The molecule has 2 amide bonds. The average molecular weight is 481 g/mol. The van der Waals surface area contributed by atoms with E-state index in [9.17, 15) is 22.8 Å². The molecule has 0 fully saturated rings. The van der Waals surface area contributed by atoms with Crippen molar-refractivity contribution < 1.29 is 31.9 Å². The number of nitrogens with two attached hydrogens (primary N) is 2. The van der Waals surface area contributed by atoms with Crippen LogP contribution in [0, 0.1) is 0 Å². The number of amides is 2. The standard InChI is InChI=1S/C20H18F3N5O4S/c21-20(22,23)19-28-16(10-33-19)18(30)27-15-5-12(7-26-2-4-32-9-17(25)29)14(24)6-13(15)11-1-3-31-8-11/h1,3,5-8,10H,2,4,9,24H2,(H2,25,29)(H,27,30). The molecule has 174 valence electrons. The fourth-order valence-electron chi connectivity index (χ4n) is 2.65. The van der Waals surface area contributed by atoms with E-state index in [-0.39, 0.29) is 31.1 Å². The Morgan fingerprint density at radius 2 is 2.12 bits per heavy atom. The van der Waals surface area contributed by atoms with E-state index in [1.807, 2.05) is 0 Å². The molecule has 33 heavy (non-hydrogen) atoms. The number of aromatic nitrogens is 1. The van der Waals surface area contributed by atoms with Crippen LogP contribution >= 0.6 is 11.3 Å². The van der Waals surface area contributed by atoms with Crippen molar-refractivity contribution in [3.63, 3.8) is 0 Å². The third-order valence-corrected chi connectivity index (χ3v) is 5.01. The highest BCUT2D eigenvalue weighted by molar-refractivity contribution is 7.10. The fourth-order valence-corrected chi connectivity index (χ4v) is 3.32. The number of benzene rings is 1. The fraction of sp³-hybridized carbons (Fsp3) is 0.200. The number of alkyl halides is 3. The molecular formula is C20H18F3N5O4S. The number of carbonyl (C=O) groups excluding carboxylic acids is 2. The molecule has 0 atom stereocenters. The molecule has 0 aliphatic rings. The summed E-state index contributed by atoms with van der Waals surface area (Å²) in [6, 6.07) is 4.74. The molecule has 3 aromatic rings.